The van der Waals surface area contributed by atoms with E-state index in [1.54, 1.807) is 0 Å². The van der Waals surface area contributed by atoms with Crippen molar-refractivity contribution >= 4 is 28.9 Å². The first-order chi connectivity index (χ1) is 13.6. The summed E-state index contributed by atoms with van der Waals surface area (Å²) in [5.74, 6) is 0.0326. The van der Waals surface area contributed by atoms with Crippen LogP contribution in [0.5, 0.6) is 0 Å². The van der Waals surface area contributed by atoms with Crippen molar-refractivity contribution in [2.24, 2.45) is 0 Å². The van der Waals surface area contributed by atoms with Gasteiger partial charge in [0.15, 0.2) is 5.11 Å². The van der Waals surface area contributed by atoms with Crippen molar-refractivity contribution in [2.75, 3.05) is 5.32 Å². The summed E-state index contributed by atoms with van der Waals surface area (Å²) >= 11 is 5.76. The quantitative estimate of drug-likeness (QED) is 0.753. The number of carbonyl (C=O) groups excluding carboxylic acids is 1. The second-order valence-corrected chi connectivity index (χ2v) is 8.34. The zero-order chi connectivity index (χ0) is 19.5. The molecule has 2 bridgehead atoms. The zero-order valence-electron chi connectivity index (χ0n) is 16.2. The monoisotopic (exact) mass is 393 g/mol. The standard InChI is InChI=1S/C23H27N3OS/c1-16-7-5-8-17(13-16)22(27)24-19-14-20-11-6-12-21(15-19)26(20)23(28)25-18-9-3-2-4-10-18/h2-5,7-10,13,19-21H,6,11-12,14-15H2,1H3,(H,24,27)(H,25,28)/t20-,21-/m1/s1. The van der Waals surface area contributed by atoms with Gasteiger partial charge in [-0.25, -0.2) is 0 Å². The van der Waals surface area contributed by atoms with Crippen molar-refractivity contribution in [3.8, 4) is 0 Å². The number of hydrogen-bond donors (Lipinski definition) is 2. The Labute approximate surface area is 172 Å². The average molecular weight is 394 g/mol. The summed E-state index contributed by atoms with van der Waals surface area (Å²) in [6.45, 7) is 2.01. The molecule has 0 unspecified atom stereocenters. The normalized spacial score (nSPS) is 23.8. The van der Waals surface area contributed by atoms with E-state index in [4.69, 9.17) is 12.2 Å². The van der Waals surface area contributed by atoms with Crippen LogP contribution in [0.1, 0.15) is 48.0 Å². The summed E-state index contributed by atoms with van der Waals surface area (Å²) in [5, 5.41) is 7.48. The molecule has 2 saturated heterocycles. The number of piperidine rings is 2. The van der Waals surface area contributed by atoms with E-state index in [1.165, 1.54) is 6.42 Å². The topological polar surface area (TPSA) is 44.4 Å². The van der Waals surface area contributed by atoms with E-state index in [9.17, 15) is 4.79 Å². The molecule has 0 radical (unpaired) electrons. The van der Waals surface area contributed by atoms with Gasteiger partial charge < -0.3 is 15.5 Å². The molecule has 4 rings (SSSR count). The van der Waals surface area contributed by atoms with Gasteiger partial charge in [-0.05, 0) is 75.5 Å². The Kier molecular flexibility index (Phi) is 5.62. The fourth-order valence-electron chi connectivity index (χ4n) is 4.60. The maximum atomic E-state index is 12.7. The van der Waals surface area contributed by atoms with Crippen LogP contribution in [0.4, 0.5) is 5.69 Å². The highest BCUT2D eigenvalue weighted by Gasteiger charge is 2.40. The molecule has 0 saturated carbocycles. The molecular weight excluding hydrogens is 366 g/mol. The molecule has 2 aliphatic rings. The minimum Gasteiger partial charge on any atom is -0.349 e. The molecule has 2 aliphatic heterocycles. The number of rotatable bonds is 3. The van der Waals surface area contributed by atoms with Gasteiger partial charge in [0.2, 0.25) is 0 Å². The minimum atomic E-state index is 0.0326. The molecule has 2 aromatic carbocycles. The molecule has 28 heavy (non-hydrogen) atoms. The summed E-state index contributed by atoms with van der Waals surface area (Å²) < 4.78 is 0. The summed E-state index contributed by atoms with van der Waals surface area (Å²) in [4.78, 5) is 15.1. The van der Waals surface area contributed by atoms with Gasteiger partial charge in [-0.2, -0.15) is 0 Å². The zero-order valence-corrected chi connectivity index (χ0v) is 17.0. The minimum absolute atomic E-state index is 0.0326. The van der Waals surface area contributed by atoms with E-state index in [2.05, 4.69) is 15.5 Å². The van der Waals surface area contributed by atoms with Crippen molar-refractivity contribution in [3.63, 3.8) is 0 Å². The molecule has 5 heteroatoms. The first-order valence-corrected chi connectivity index (χ1v) is 10.5. The molecule has 2 N–H and O–H groups in total. The molecule has 0 aliphatic carbocycles. The van der Waals surface area contributed by atoms with Gasteiger partial charge in [-0.15, -0.1) is 0 Å². The van der Waals surface area contributed by atoms with Gasteiger partial charge in [0, 0.05) is 29.4 Å². The second-order valence-electron chi connectivity index (χ2n) is 7.95. The summed E-state index contributed by atoms with van der Waals surface area (Å²) in [6.07, 6.45) is 5.39. The molecule has 2 atom stereocenters. The highest BCUT2D eigenvalue weighted by Crippen LogP contribution is 2.34. The van der Waals surface area contributed by atoms with Crippen LogP contribution < -0.4 is 10.6 Å². The molecule has 0 spiro atoms. The Balaban J connectivity index is 1.42. The Bertz CT molecular complexity index is 840. The third-order valence-corrected chi connectivity index (χ3v) is 6.16. The molecule has 2 fully saturated rings. The average Bonchev–Trinajstić information content (AvgIpc) is 2.68. The smallest absolute Gasteiger partial charge is 0.251 e. The molecule has 2 aromatic rings. The van der Waals surface area contributed by atoms with E-state index in [0.717, 1.165) is 47.6 Å². The lowest BCUT2D eigenvalue weighted by atomic mass is 9.82. The van der Waals surface area contributed by atoms with Crippen LogP contribution in [0.15, 0.2) is 54.6 Å². The number of para-hydroxylation sites is 1. The summed E-state index contributed by atoms with van der Waals surface area (Å²) in [6, 6.07) is 18.9. The summed E-state index contributed by atoms with van der Waals surface area (Å²) in [7, 11) is 0. The predicted molar refractivity (Wildman–Crippen MR) is 118 cm³/mol. The van der Waals surface area contributed by atoms with Gasteiger partial charge >= 0.3 is 0 Å². The predicted octanol–water partition coefficient (Wildman–Crippen LogP) is 4.51. The number of thiocarbonyl (C=S) groups is 1. The van der Waals surface area contributed by atoms with E-state index in [0.29, 0.717) is 12.1 Å². The Morgan fingerprint density at radius 2 is 1.75 bits per heavy atom. The van der Waals surface area contributed by atoms with Crippen molar-refractivity contribution < 1.29 is 4.79 Å². The lowest BCUT2D eigenvalue weighted by molar-refractivity contribution is 0.0755. The van der Waals surface area contributed by atoms with Gasteiger partial charge in [-0.3, -0.25) is 4.79 Å². The fraction of sp³-hybridized carbons (Fsp3) is 0.391. The van der Waals surface area contributed by atoms with Crippen LogP contribution >= 0.6 is 12.2 Å². The molecule has 1 amide bonds. The number of benzene rings is 2. The van der Waals surface area contributed by atoms with Crippen LogP contribution in [0, 0.1) is 6.92 Å². The van der Waals surface area contributed by atoms with Gasteiger partial charge in [0.1, 0.15) is 0 Å². The van der Waals surface area contributed by atoms with Crippen molar-refractivity contribution in [3.05, 3.63) is 65.7 Å². The van der Waals surface area contributed by atoms with Crippen molar-refractivity contribution in [1.29, 1.82) is 0 Å². The molecule has 4 nitrogen and oxygen atoms in total. The molecular formula is C23H27N3OS. The number of hydrogen-bond acceptors (Lipinski definition) is 2. The molecule has 2 heterocycles. The fourth-order valence-corrected chi connectivity index (χ4v) is 5.01. The van der Waals surface area contributed by atoms with Crippen molar-refractivity contribution in [1.82, 2.24) is 10.2 Å². The van der Waals surface area contributed by atoms with Crippen LogP contribution in [0.2, 0.25) is 0 Å². The SMILES string of the molecule is Cc1cccc(C(=O)NC2C[C@H]3CCC[C@H](C2)N3C(=S)Nc2ccccc2)c1. The van der Waals surface area contributed by atoms with Gasteiger partial charge in [0.25, 0.3) is 5.91 Å². The second kappa shape index (κ2) is 8.31. The number of fused-ring (bicyclic) bond motifs is 2. The van der Waals surface area contributed by atoms with E-state index >= 15 is 0 Å². The maximum absolute atomic E-state index is 12.7. The Morgan fingerprint density at radius 3 is 2.43 bits per heavy atom. The summed E-state index contributed by atoms with van der Waals surface area (Å²) in [5.41, 5.74) is 2.88. The van der Waals surface area contributed by atoms with Crippen LogP contribution in [0.3, 0.4) is 0 Å². The molecule has 0 aromatic heterocycles. The van der Waals surface area contributed by atoms with E-state index in [1.807, 2.05) is 61.5 Å². The highest BCUT2D eigenvalue weighted by molar-refractivity contribution is 7.80. The lowest BCUT2D eigenvalue weighted by Gasteiger charge is -2.50. The number of nitrogens with one attached hydrogen (secondary N) is 2. The third kappa shape index (κ3) is 4.20. The maximum Gasteiger partial charge on any atom is 0.251 e. The number of nitrogens with zero attached hydrogens (tertiary/aromatic N) is 1. The lowest BCUT2D eigenvalue weighted by Crippen LogP contribution is -2.59. The number of anilines is 1. The Hall–Kier alpha value is -2.40. The van der Waals surface area contributed by atoms with Crippen LogP contribution in [0.25, 0.3) is 0 Å². The largest absolute Gasteiger partial charge is 0.349 e. The number of amides is 1. The van der Waals surface area contributed by atoms with E-state index < -0.39 is 0 Å². The number of aryl methyl sites for hydroxylation is 1. The first-order valence-electron chi connectivity index (χ1n) is 10.1. The highest BCUT2D eigenvalue weighted by atomic mass is 32.1. The van der Waals surface area contributed by atoms with Gasteiger partial charge in [0.05, 0.1) is 0 Å². The van der Waals surface area contributed by atoms with Crippen LogP contribution in [-0.2, 0) is 0 Å². The third-order valence-electron chi connectivity index (χ3n) is 5.85. The van der Waals surface area contributed by atoms with Crippen molar-refractivity contribution in [2.45, 2.75) is 57.2 Å². The first kappa shape index (κ1) is 18.9. The van der Waals surface area contributed by atoms with E-state index in [-0.39, 0.29) is 11.9 Å². The van der Waals surface area contributed by atoms with Crippen LogP contribution in [-0.4, -0.2) is 34.0 Å². The molecule has 146 valence electrons. The number of carbonyl (C=O) groups is 1. The Morgan fingerprint density at radius 1 is 1.04 bits per heavy atom. The van der Waals surface area contributed by atoms with Gasteiger partial charge in [-0.1, -0.05) is 35.9 Å².